The molecule has 1 aromatic carbocycles. The Bertz CT molecular complexity index is 331. The summed E-state index contributed by atoms with van der Waals surface area (Å²) in [4.78, 5) is 1.34. The van der Waals surface area contributed by atoms with E-state index in [-0.39, 0.29) is 0 Å². The summed E-state index contributed by atoms with van der Waals surface area (Å²) >= 11 is 1.80. The van der Waals surface area contributed by atoms with Crippen LogP contribution < -0.4 is 5.32 Å². The molecular formula is C16H27NS. The molecular weight excluding hydrogens is 238 g/mol. The third kappa shape index (κ3) is 4.66. The fourth-order valence-corrected chi connectivity index (χ4v) is 2.97. The van der Waals surface area contributed by atoms with Crippen molar-refractivity contribution in [3.05, 3.63) is 29.8 Å². The Hall–Kier alpha value is -0.470. The number of rotatable bonds is 7. The first-order valence-corrected chi connectivity index (χ1v) is 8.18. The molecule has 0 bridgehead atoms. The summed E-state index contributed by atoms with van der Waals surface area (Å²) < 4.78 is 0. The van der Waals surface area contributed by atoms with Gasteiger partial charge in [-0.2, -0.15) is 0 Å². The summed E-state index contributed by atoms with van der Waals surface area (Å²) in [5, 5.41) is 3.63. The number of hydrogen-bond acceptors (Lipinski definition) is 2. The molecule has 1 aromatic rings. The summed E-state index contributed by atoms with van der Waals surface area (Å²) in [5.74, 6) is 1.43. The molecule has 0 saturated carbocycles. The molecule has 0 aliphatic rings. The van der Waals surface area contributed by atoms with Gasteiger partial charge in [-0.3, -0.25) is 0 Å². The van der Waals surface area contributed by atoms with Crippen LogP contribution in [-0.2, 0) is 0 Å². The first kappa shape index (κ1) is 15.6. The van der Waals surface area contributed by atoms with Crippen molar-refractivity contribution in [2.75, 3.05) is 12.8 Å². The summed E-state index contributed by atoms with van der Waals surface area (Å²) in [6.07, 6.45) is 3.39. The van der Waals surface area contributed by atoms with Crippen LogP contribution in [0.5, 0.6) is 0 Å². The molecule has 2 unspecified atom stereocenters. The number of hydrogen-bond donors (Lipinski definition) is 1. The highest BCUT2D eigenvalue weighted by Gasteiger charge is 2.19. The van der Waals surface area contributed by atoms with E-state index in [0.29, 0.717) is 12.0 Å². The normalized spacial score (nSPS) is 14.8. The van der Waals surface area contributed by atoms with E-state index in [1.807, 2.05) is 0 Å². The number of thioether (sulfide) groups is 1. The summed E-state index contributed by atoms with van der Waals surface area (Å²) in [7, 11) is 0. The topological polar surface area (TPSA) is 12.0 Å². The van der Waals surface area contributed by atoms with E-state index < -0.39 is 0 Å². The van der Waals surface area contributed by atoms with Crippen molar-refractivity contribution < 1.29 is 0 Å². The van der Waals surface area contributed by atoms with Gasteiger partial charge in [-0.1, -0.05) is 39.8 Å². The van der Waals surface area contributed by atoms with Gasteiger partial charge < -0.3 is 5.32 Å². The number of benzene rings is 1. The molecule has 2 heteroatoms. The molecule has 0 aliphatic carbocycles. The fourth-order valence-electron chi connectivity index (χ4n) is 2.56. The van der Waals surface area contributed by atoms with Crippen LogP contribution in [0.2, 0.25) is 0 Å². The van der Waals surface area contributed by atoms with Gasteiger partial charge in [0.2, 0.25) is 0 Å². The minimum Gasteiger partial charge on any atom is -0.310 e. The highest BCUT2D eigenvalue weighted by Crippen LogP contribution is 2.28. The molecule has 2 atom stereocenters. The lowest BCUT2D eigenvalue weighted by atomic mass is 9.88. The third-order valence-electron chi connectivity index (χ3n) is 3.31. The molecule has 18 heavy (non-hydrogen) atoms. The monoisotopic (exact) mass is 265 g/mol. The van der Waals surface area contributed by atoms with E-state index in [1.54, 1.807) is 11.8 Å². The smallest absolute Gasteiger partial charge is 0.0346 e. The maximum Gasteiger partial charge on any atom is 0.0346 e. The summed E-state index contributed by atoms with van der Waals surface area (Å²) in [5.41, 5.74) is 1.42. The van der Waals surface area contributed by atoms with Gasteiger partial charge in [0.25, 0.3) is 0 Å². The van der Waals surface area contributed by atoms with Gasteiger partial charge in [-0.05, 0) is 48.8 Å². The Morgan fingerprint density at radius 1 is 1.11 bits per heavy atom. The lowest BCUT2D eigenvalue weighted by Crippen LogP contribution is -2.27. The quantitative estimate of drug-likeness (QED) is 0.715. The molecule has 1 nitrogen and oxygen atoms in total. The largest absolute Gasteiger partial charge is 0.310 e. The van der Waals surface area contributed by atoms with Crippen LogP contribution in [0.15, 0.2) is 29.2 Å². The van der Waals surface area contributed by atoms with Crippen molar-refractivity contribution in [2.45, 2.75) is 45.1 Å². The molecule has 0 aliphatic heterocycles. The van der Waals surface area contributed by atoms with E-state index in [4.69, 9.17) is 0 Å². The van der Waals surface area contributed by atoms with E-state index in [1.165, 1.54) is 16.9 Å². The maximum absolute atomic E-state index is 3.63. The molecule has 0 fully saturated rings. The average Bonchev–Trinajstić information content (AvgIpc) is 2.35. The fraction of sp³-hybridized carbons (Fsp3) is 0.625. The van der Waals surface area contributed by atoms with Crippen LogP contribution in [0.25, 0.3) is 0 Å². The lowest BCUT2D eigenvalue weighted by Gasteiger charge is -2.26. The zero-order valence-corrected chi connectivity index (χ0v) is 13.2. The van der Waals surface area contributed by atoms with E-state index in [2.05, 4.69) is 63.5 Å². The molecule has 0 spiro atoms. The molecule has 102 valence electrons. The Kier molecular flexibility index (Phi) is 6.80. The van der Waals surface area contributed by atoms with Gasteiger partial charge in [0.1, 0.15) is 0 Å². The lowest BCUT2D eigenvalue weighted by molar-refractivity contribution is 0.333. The molecule has 1 N–H and O–H groups in total. The second-order valence-corrected chi connectivity index (χ2v) is 6.29. The molecule has 1 rings (SSSR count). The van der Waals surface area contributed by atoms with Crippen LogP contribution in [0, 0.1) is 11.8 Å². The molecule has 0 amide bonds. The van der Waals surface area contributed by atoms with Crippen molar-refractivity contribution >= 4 is 11.8 Å². The van der Waals surface area contributed by atoms with Crippen molar-refractivity contribution in [1.82, 2.24) is 5.32 Å². The van der Waals surface area contributed by atoms with Crippen LogP contribution in [-0.4, -0.2) is 12.8 Å². The minimum atomic E-state index is 0.480. The van der Waals surface area contributed by atoms with Gasteiger partial charge in [0, 0.05) is 10.9 Å². The zero-order valence-electron chi connectivity index (χ0n) is 12.4. The van der Waals surface area contributed by atoms with E-state index >= 15 is 0 Å². The van der Waals surface area contributed by atoms with Gasteiger partial charge >= 0.3 is 0 Å². The summed E-state index contributed by atoms with van der Waals surface area (Å²) in [6, 6.07) is 9.48. The van der Waals surface area contributed by atoms with Gasteiger partial charge in [0.15, 0.2) is 0 Å². The van der Waals surface area contributed by atoms with Crippen LogP contribution >= 0.6 is 11.8 Å². The second-order valence-electron chi connectivity index (χ2n) is 5.42. The highest BCUT2D eigenvalue weighted by atomic mass is 32.2. The van der Waals surface area contributed by atoms with E-state index in [0.717, 1.165) is 12.5 Å². The van der Waals surface area contributed by atoms with Crippen molar-refractivity contribution in [3.63, 3.8) is 0 Å². The molecule has 0 radical (unpaired) electrons. The summed E-state index contributed by atoms with van der Waals surface area (Å²) in [6.45, 7) is 10.2. The van der Waals surface area contributed by atoms with Crippen LogP contribution in [0.1, 0.15) is 45.7 Å². The Morgan fingerprint density at radius 3 is 2.17 bits per heavy atom. The minimum absolute atomic E-state index is 0.480. The predicted molar refractivity (Wildman–Crippen MR) is 83.3 cm³/mol. The SMILES string of the molecule is CCNC(c1ccc(SC)cc1)C(C)CC(C)C. The molecule has 0 saturated heterocycles. The Labute approximate surface area is 117 Å². The van der Waals surface area contributed by atoms with Crippen LogP contribution in [0.3, 0.4) is 0 Å². The third-order valence-corrected chi connectivity index (χ3v) is 4.05. The van der Waals surface area contributed by atoms with Gasteiger partial charge in [0.05, 0.1) is 0 Å². The van der Waals surface area contributed by atoms with Crippen molar-refractivity contribution in [3.8, 4) is 0 Å². The van der Waals surface area contributed by atoms with Gasteiger partial charge in [-0.15, -0.1) is 11.8 Å². The van der Waals surface area contributed by atoms with E-state index in [9.17, 15) is 0 Å². The zero-order chi connectivity index (χ0) is 13.5. The Morgan fingerprint density at radius 2 is 1.72 bits per heavy atom. The second kappa shape index (κ2) is 7.85. The van der Waals surface area contributed by atoms with Gasteiger partial charge in [-0.25, -0.2) is 0 Å². The first-order chi connectivity index (χ1) is 8.58. The predicted octanol–water partition coefficient (Wildman–Crippen LogP) is 4.74. The van der Waals surface area contributed by atoms with Crippen molar-refractivity contribution in [1.29, 1.82) is 0 Å². The molecule has 0 heterocycles. The standard InChI is InChI=1S/C16H27NS/c1-6-17-16(13(4)11-12(2)3)14-7-9-15(18-5)10-8-14/h7-10,12-13,16-17H,6,11H2,1-5H3. The first-order valence-electron chi connectivity index (χ1n) is 6.95. The maximum atomic E-state index is 3.63. The van der Waals surface area contributed by atoms with Crippen molar-refractivity contribution in [2.24, 2.45) is 11.8 Å². The highest BCUT2D eigenvalue weighted by molar-refractivity contribution is 7.98. The average molecular weight is 265 g/mol. The number of nitrogens with one attached hydrogen (secondary N) is 1. The molecule has 0 aromatic heterocycles. The van der Waals surface area contributed by atoms with Crippen LogP contribution in [0.4, 0.5) is 0 Å². The Balaban J connectivity index is 2.81.